The van der Waals surface area contributed by atoms with E-state index in [0.29, 0.717) is 22.6 Å². The molecule has 0 saturated carbocycles. The highest BCUT2D eigenvalue weighted by atomic mass is 16.1. The Morgan fingerprint density at radius 3 is 2.11 bits per heavy atom. The molecule has 1 aromatic heterocycles. The monoisotopic (exact) mass is 375 g/mol. The standard InChI is InChI=1S/C21H21N5O2/c1-14(27)15-4-6-16(7-5-15)21(28)24-18-10-8-17(9-11-18)23-20-12-19(26(2)3)13-22-25-20/h4-13H,1-3H3,(H,23,25)(H,24,28). The van der Waals surface area contributed by atoms with Crippen LogP contribution in [0.2, 0.25) is 0 Å². The lowest BCUT2D eigenvalue weighted by Gasteiger charge is -2.13. The van der Waals surface area contributed by atoms with Gasteiger partial charge in [0.1, 0.15) is 0 Å². The number of amides is 1. The highest BCUT2D eigenvalue weighted by Crippen LogP contribution is 2.20. The van der Waals surface area contributed by atoms with Crippen LogP contribution in [0, 0.1) is 0 Å². The van der Waals surface area contributed by atoms with Crippen molar-refractivity contribution in [2.45, 2.75) is 6.92 Å². The molecule has 28 heavy (non-hydrogen) atoms. The van der Waals surface area contributed by atoms with Crippen molar-refractivity contribution in [3.63, 3.8) is 0 Å². The lowest BCUT2D eigenvalue weighted by molar-refractivity contribution is 0.101. The first kappa shape index (κ1) is 19.0. The summed E-state index contributed by atoms with van der Waals surface area (Å²) in [4.78, 5) is 25.6. The maximum Gasteiger partial charge on any atom is 0.255 e. The summed E-state index contributed by atoms with van der Waals surface area (Å²) in [7, 11) is 3.87. The Morgan fingerprint density at radius 1 is 0.893 bits per heavy atom. The van der Waals surface area contributed by atoms with Crippen molar-refractivity contribution in [1.82, 2.24) is 10.2 Å². The van der Waals surface area contributed by atoms with E-state index in [9.17, 15) is 9.59 Å². The summed E-state index contributed by atoms with van der Waals surface area (Å²) >= 11 is 0. The molecule has 142 valence electrons. The number of carbonyl (C=O) groups is 2. The van der Waals surface area contributed by atoms with Gasteiger partial charge in [-0.3, -0.25) is 9.59 Å². The fraction of sp³-hybridized carbons (Fsp3) is 0.143. The van der Waals surface area contributed by atoms with Gasteiger partial charge in [-0.2, -0.15) is 5.10 Å². The first-order chi connectivity index (χ1) is 13.4. The Kier molecular flexibility index (Phi) is 5.64. The Labute approximate surface area is 163 Å². The van der Waals surface area contributed by atoms with Gasteiger partial charge in [-0.15, -0.1) is 5.10 Å². The molecule has 2 N–H and O–H groups in total. The number of carbonyl (C=O) groups excluding carboxylic acids is 2. The van der Waals surface area contributed by atoms with Crippen LogP contribution in [-0.2, 0) is 0 Å². The lowest BCUT2D eigenvalue weighted by atomic mass is 10.1. The number of nitrogens with zero attached hydrogens (tertiary/aromatic N) is 3. The fourth-order valence-electron chi connectivity index (χ4n) is 2.51. The molecule has 7 nitrogen and oxygen atoms in total. The number of aromatic nitrogens is 2. The zero-order valence-electron chi connectivity index (χ0n) is 15.9. The number of rotatable bonds is 6. The zero-order chi connectivity index (χ0) is 20.1. The number of hydrogen-bond donors (Lipinski definition) is 2. The van der Waals surface area contributed by atoms with Crippen LogP contribution < -0.4 is 15.5 Å². The molecule has 0 aliphatic heterocycles. The van der Waals surface area contributed by atoms with Crippen LogP contribution in [0.3, 0.4) is 0 Å². The molecule has 0 aliphatic rings. The van der Waals surface area contributed by atoms with E-state index >= 15 is 0 Å². The smallest absolute Gasteiger partial charge is 0.255 e. The Balaban J connectivity index is 1.64. The summed E-state index contributed by atoms with van der Waals surface area (Å²) in [6, 6.07) is 15.8. The van der Waals surface area contributed by atoms with E-state index in [1.165, 1.54) is 6.92 Å². The van der Waals surface area contributed by atoms with Gasteiger partial charge in [-0.1, -0.05) is 12.1 Å². The lowest BCUT2D eigenvalue weighted by Crippen LogP contribution is -2.12. The average molecular weight is 375 g/mol. The topological polar surface area (TPSA) is 87.2 Å². The minimum atomic E-state index is -0.236. The first-order valence-corrected chi connectivity index (χ1v) is 8.72. The molecule has 0 bridgehead atoms. The molecule has 2 aromatic carbocycles. The summed E-state index contributed by atoms with van der Waals surface area (Å²) < 4.78 is 0. The number of Topliss-reactive ketones (excluding diaryl/α,β-unsaturated/α-hetero) is 1. The maximum atomic E-state index is 12.3. The summed E-state index contributed by atoms with van der Waals surface area (Å²) in [5.41, 5.74) is 3.50. The molecule has 0 radical (unpaired) electrons. The van der Waals surface area contributed by atoms with Crippen molar-refractivity contribution in [3.8, 4) is 0 Å². The zero-order valence-corrected chi connectivity index (χ0v) is 15.9. The summed E-state index contributed by atoms with van der Waals surface area (Å²) in [6.07, 6.45) is 1.69. The number of ketones is 1. The van der Waals surface area contributed by atoms with Crippen LogP contribution in [0.15, 0.2) is 60.8 Å². The SMILES string of the molecule is CC(=O)c1ccc(C(=O)Nc2ccc(Nc3cc(N(C)C)cnn3)cc2)cc1. The number of anilines is 4. The molecule has 0 saturated heterocycles. The Bertz CT molecular complexity index is 982. The number of nitrogens with one attached hydrogen (secondary N) is 2. The molecule has 0 unspecified atom stereocenters. The van der Waals surface area contributed by atoms with Crippen molar-refractivity contribution in [1.29, 1.82) is 0 Å². The summed E-state index contributed by atoms with van der Waals surface area (Å²) in [6.45, 7) is 1.49. The average Bonchev–Trinajstić information content (AvgIpc) is 2.69. The molecule has 0 spiro atoms. The number of hydrogen-bond acceptors (Lipinski definition) is 6. The van der Waals surface area contributed by atoms with Crippen LogP contribution in [0.4, 0.5) is 22.9 Å². The van der Waals surface area contributed by atoms with E-state index in [1.54, 1.807) is 42.6 Å². The van der Waals surface area contributed by atoms with Gasteiger partial charge in [-0.25, -0.2) is 0 Å². The Morgan fingerprint density at radius 2 is 1.50 bits per heavy atom. The van der Waals surface area contributed by atoms with Gasteiger partial charge in [0.05, 0.1) is 11.9 Å². The van der Waals surface area contributed by atoms with Crippen LogP contribution in [0.25, 0.3) is 0 Å². The third-order valence-electron chi connectivity index (χ3n) is 4.13. The number of benzene rings is 2. The molecule has 3 rings (SSSR count). The maximum absolute atomic E-state index is 12.3. The quantitative estimate of drug-likeness (QED) is 0.638. The summed E-state index contributed by atoms with van der Waals surface area (Å²) in [5, 5.41) is 14.1. The Hall–Kier alpha value is -3.74. The highest BCUT2D eigenvalue weighted by molar-refractivity contribution is 6.05. The van der Waals surface area contributed by atoms with Gasteiger partial charge in [0.2, 0.25) is 0 Å². The van der Waals surface area contributed by atoms with Crippen LogP contribution in [0.5, 0.6) is 0 Å². The van der Waals surface area contributed by atoms with Crippen molar-refractivity contribution in [2.75, 3.05) is 29.6 Å². The highest BCUT2D eigenvalue weighted by Gasteiger charge is 2.08. The fourth-order valence-corrected chi connectivity index (χ4v) is 2.51. The van der Waals surface area contributed by atoms with Crippen molar-refractivity contribution < 1.29 is 9.59 Å². The van der Waals surface area contributed by atoms with Gasteiger partial charge in [0, 0.05) is 42.7 Å². The van der Waals surface area contributed by atoms with E-state index < -0.39 is 0 Å². The van der Waals surface area contributed by atoms with Crippen molar-refractivity contribution >= 4 is 34.6 Å². The molecule has 3 aromatic rings. The predicted octanol–water partition coefficient (Wildman–Crippen LogP) is 3.74. The van der Waals surface area contributed by atoms with Gasteiger partial charge >= 0.3 is 0 Å². The van der Waals surface area contributed by atoms with Crippen LogP contribution >= 0.6 is 0 Å². The van der Waals surface area contributed by atoms with E-state index in [0.717, 1.165) is 11.4 Å². The molecular weight excluding hydrogens is 354 g/mol. The van der Waals surface area contributed by atoms with Crippen molar-refractivity contribution in [3.05, 3.63) is 71.9 Å². The van der Waals surface area contributed by atoms with E-state index in [-0.39, 0.29) is 11.7 Å². The van der Waals surface area contributed by atoms with Crippen molar-refractivity contribution in [2.24, 2.45) is 0 Å². The molecule has 1 amide bonds. The molecule has 0 atom stereocenters. The second-order valence-corrected chi connectivity index (χ2v) is 6.48. The second kappa shape index (κ2) is 8.30. The second-order valence-electron chi connectivity index (χ2n) is 6.48. The largest absolute Gasteiger partial charge is 0.376 e. The molecular formula is C21H21N5O2. The molecule has 0 aliphatic carbocycles. The van der Waals surface area contributed by atoms with E-state index in [2.05, 4.69) is 20.8 Å². The minimum absolute atomic E-state index is 0.0316. The van der Waals surface area contributed by atoms with E-state index in [4.69, 9.17) is 0 Å². The van der Waals surface area contributed by atoms with Gasteiger partial charge in [0.15, 0.2) is 11.6 Å². The first-order valence-electron chi connectivity index (χ1n) is 8.72. The molecule has 0 fully saturated rings. The predicted molar refractivity (Wildman–Crippen MR) is 110 cm³/mol. The third-order valence-corrected chi connectivity index (χ3v) is 4.13. The molecule has 1 heterocycles. The third kappa shape index (κ3) is 4.70. The van der Waals surface area contributed by atoms with Crippen LogP contribution in [-0.4, -0.2) is 36.0 Å². The van der Waals surface area contributed by atoms with Gasteiger partial charge in [0.25, 0.3) is 5.91 Å². The van der Waals surface area contributed by atoms with Gasteiger partial charge in [-0.05, 0) is 43.3 Å². The normalized spacial score (nSPS) is 10.2. The summed E-state index contributed by atoms with van der Waals surface area (Å²) in [5.74, 6) is 0.366. The van der Waals surface area contributed by atoms with Crippen LogP contribution in [0.1, 0.15) is 27.6 Å². The minimum Gasteiger partial charge on any atom is -0.376 e. The molecule has 7 heteroatoms. The van der Waals surface area contributed by atoms with E-state index in [1.807, 2.05) is 37.2 Å². The van der Waals surface area contributed by atoms with Gasteiger partial charge < -0.3 is 15.5 Å².